The van der Waals surface area contributed by atoms with Crippen LogP contribution in [-0.4, -0.2) is 201 Å². The number of benzene rings is 1. The first-order valence-electron chi connectivity index (χ1n) is 41.1. The lowest BCUT2D eigenvalue weighted by Gasteiger charge is -2.08. The average molecular weight is 1760 g/mol. The summed E-state index contributed by atoms with van der Waals surface area (Å²) < 4.78 is 15.0. The van der Waals surface area contributed by atoms with Crippen LogP contribution in [-0.2, 0) is 127 Å². The minimum atomic E-state index is -0.733. The molecule has 11 heterocycles. The van der Waals surface area contributed by atoms with Crippen LogP contribution in [0, 0.1) is 0 Å². The van der Waals surface area contributed by atoms with Crippen LogP contribution in [0.5, 0.6) is 0 Å². The number of carbonyl (C=O) groups is 16. The molecule has 0 atom stereocenters. The SMILES string of the molecule is CC(=O)Nc1cn(C)c(C(=O)Nc2cc(C(=O)NCCC(=O)Nc3cn(C)c(C(=O)Nc4cn(C)c(C(=O)Nc5cc(C(=O)Nc6cn(C)c(C(=O)NCCCC(=O)Cc7cc(C(=O)Cc8cn(C)c(C(=O)CCCC(=O)Cc9cc(C(=O)Cc%10cc(C(=O)Cc%11ccc%12[nH]c(C(=O)CCCC(=O)N(C)C)cc%12c%11)n(C)c%10)n(C)c9)n8)n(C)c7)n6)n(C)c5)n4)n3)n(C)c2)n1. The number of anilines is 6. The molecule has 0 aliphatic carbocycles. The fourth-order valence-corrected chi connectivity index (χ4v) is 14.8. The Morgan fingerprint density at radius 1 is 0.333 bits per heavy atom. The van der Waals surface area contributed by atoms with E-state index in [0.29, 0.717) is 57.3 Å². The van der Waals surface area contributed by atoms with Gasteiger partial charge in [-0.1, -0.05) is 6.07 Å². The third-order valence-corrected chi connectivity index (χ3v) is 21.1. The first kappa shape index (κ1) is 92.3. The molecule has 0 radical (unpaired) electrons. The molecule has 129 heavy (non-hydrogen) atoms. The molecule has 672 valence electrons. The van der Waals surface area contributed by atoms with Crippen LogP contribution in [0.2, 0.25) is 0 Å². The highest BCUT2D eigenvalue weighted by Crippen LogP contribution is 2.26. The van der Waals surface area contributed by atoms with Gasteiger partial charge in [0.2, 0.25) is 41.0 Å². The number of H-pyrrole nitrogens is 1. The second-order valence-corrected chi connectivity index (χ2v) is 32.0. The fraction of sp³-hybridized carbons (Fsp3) is 0.330. The molecule has 0 spiro atoms. The lowest BCUT2D eigenvalue weighted by atomic mass is 10.0. The van der Waals surface area contributed by atoms with Crippen LogP contribution in [0.3, 0.4) is 0 Å². The van der Waals surface area contributed by atoms with Crippen molar-refractivity contribution in [3.05, 3.63) is 208 Å². The molecule has 0 saturated heterocycles. The number of Topliss-reactive ketones (excluding diaryl/α,β-unsaturated/α-hetero) is 7. The molecule has 0 aliphatic rings. The molecular formula is C88H99N25O16. The number of hydrogen-bond acceptors (Lipinski definition) is 21. The largest absolute Gasteiger partial charge is 0.352 e. The highest BCUT2D eigenvalue weighted by Gasteiger charge is 2.28. The second kappa shape index (κ2) is 40.0. The summed E-state index contributed by atoms with van der Waals surface area (Å²) in [7, 11) is 19.5. The second-order valence-electron chi connectivity index (χ2n) is 32.0. The van der Waals surface area contributed by atoms with Gasteiger partial charge in [-0.3, -0.25) is 76.7 Å². The van der Waals surface area contributed by atoms with Crippen LogP contribution in [0.25, 0.3) is 10.9 Å². The van der Waals surface area contributed by atoms with Crippen LogP contribution in [0.1, 0.15) is 209 Å². The number of ketones is 7. The number of aryl methyl sites for hydroxylation is 10. The highest BCUT2D eigenvalue weighted by atomic mass is 16.2. The Hall–Kier alpha value is -15.9. The predicted molar refractivity (Wildman–Crippen MR) is 471 cm³/mol. The van der Waals surface area contributed by atoms with Crippen molar-refractivity contribution in [2.45, 2.75) is 96.8 Å². The Morgan fingerprint density at radius 3 is 1.29 bits per heavy atom. The summed E-state index contributed by atoms with van der Waals surface area (Å²) in [6, 6.07) is 15.1. The van der Waals surface area contributed by atoms with E-state index in [1.807, 2.05) is 18.2 Å². The van der Waals surface area contributed by atoms with Crippen LogP contribution >= 0.6 is 0 Å². The Labute approximate surface area is 737 Å². The summed E-state index contributed by atoms with van der Waals surface area (Å²) in [6.07, 6.45) is 17.0. The number of aromatic amines is 1. The Bertz CT molecular complexity index is 6480. The van der Waals surface area contributed by atoms with Crippen molar-refractivity contribution in [3.8, 4) is 0 Å². The summed E-state index contributed by atoms with van der Waals surface area (Å²) >= 11 is 0. The number of amides is 9. The number of carbonyl (C=O) groups excluding carboxylic acids is 16. The van der Waals surface area contributed by atoms with Gasteiger partial charge >= 0.3 is 0 Å². The first-order valence-corrected chi connectivity index (χ1v) is 41.1. The van der Waals surface area contributed by atoms with Gasteiger partial charge in [-0.2, -0.15) is 0 Å². The number of rotatable bonds is 42. The quantitative estimate of drug-likeness (QED) is 0.0146. The average Bonchev–Trinajstić information content (AvgIpc) is 1.66. The van der Waals surface area contributed by atoms with Gasteiger partial charge in [-0.15, -0.1) is 0 Å². The molecule has 0 bridgehead atoms. The van der Waals surface area contributed by atoms with E-state index in [2.05, 4.69) is 72.4 Å². The van der Waals surface area contributed by atoms with E-state index in [1.54, 1.807) is 138 Å². The molecule has 11 aromatic heterocycles. The molecule has 9 amide bonds. The number of aromatic nitrogens is 16. The molecule has 12 rings (SSSR count). The maximum absolute atomic E-state index is 13.7. The van der Waals surface area contributed by atoms with Crippen LogP contribution < -0.4 is 42.5 Å². The van der Waals surface area contributed by atoms with Crippen molar-refractivity contribution in [3.63, 3.8) is 0 Å². The van der Waals surface area contributed by atoms with Crippen molar-refractivity contribution in [2.75, 3.05) is 59.1 Å². The van der Waals surface area contributed by atoms with Gasteiger partial charge in [0.15, 0.2) is 58.0 Å². The lowest BCUT2D eigenvalue weighted by molar-refractivity contribution is -0.128. The summed E-state index contributed by atoms with van der Waals surface area (Å²) in [4.78, 5) is 236. The topological polar surface area (TPSA) is 502 Å². The van der Waals surface area contributed by atoms with Gasteiger partial charge < -0.3 is 98.1 Å². The number of fused-ring (bicyclic) bond motifs is 1. The maximum atomic E-state index is 13.7. The van der Waals surface area contributed by atoms with Crippen LogP contribution in [0.15, 0.2) is 117 Å². The van der Waals surface area contributed by atoms with E-state index in [4.69, 9.17) is 0 Å². The van der Waals surface area contributed by atoms with E-state index < -0.39 is 41.4 Å². The lowest BCUT2D eigenvalue weighted by Crippen LogP contribution is -2.29. The summed E-state index contributed by atoms with van der Waals surface area (Å²) in [5.74, 6) is -5.94. The van der Waals surface area contributed by atoms with Gasteiger partial charge in [0.05, 0.1) is 46.3 Å². The summed E-state index contributed by atoms with van der Waals surface area (Å²) in [5, 5.41) is 21.9. The van der Waals surface area contributed by atoms with Gasteiger partial charge in [-0.05, 0) is 90.0 Å². The van der Waals surface area contributed by atoms with Crippen molar-refractivity contribution < 1.29 is 76.7 Å². The molecule has 1 aromatic carbocycles. The predicted octanol–water partition coefficient (Wildman–Crippen LogP) is 6.46. The van der Waals surface area contributed by atoms with Gasteiger partial charge in [0.25, 0.3) is 35.4 Å². The third kappa shape index (κ3) is 23.2. The van der Waals surface area contributed by atoms with E-state index in [-0.39, 0.29) is 218 Å². The van der Waals surface area contributed by atoms with E-state index in [0.717, 1.165) is 16.5 Å². The van der Waals surface area contributed by atoms with E-state index in [1.165, 1.54) is 103 Å². The zero-order valence-corrected chi connectivity index (χ0v) is 73.5. The minimum Gasteiger partial charge on any atom is -0.352 e. The molecule has 9 N–H and O–H groups in total. The van der Waals surface area contributed by atoms with Crippen LogP contribution in [0.4, 0.5) is 34.6 Å². The number of hydrogen-bond donors (Lipinski definition) is 9. The zero-order chi connectivity index (χ0) is 93.1. The van der Waals surface area contributed by atoms with E-state index in [9.17, 15) is 76.7 Å². The molecular weight excluding hydrogens is 1660 g/mol. The molecule has 0 unspecified atom stereocenters. The van der Waals surface area contributed by atoms with Gasteiger partial charge in [0.1, 0.15) is 23.0 Å². The van der Waals surface area contributed by atoms with Crippen molar-refractivity contribution in [1.82, 2.24) is 91.1 Å². The van der Waals surface area contributed by atoms with Crippen molar-refractivity contribution in [2.24, 2.45) is 70.5 Å². The Balaban J connectivity index is 0.523. The molecule has 0 aliphatic heterocycles. The first-order chi connectivity index (χ1) is 61.3. The maximum Gasteiger partial charge on any atom is 0.292 e. The minimum absolute atomic E-state index is 0.0109. The fourth-order valence-electron chi connectivity index (χ4n) is 14.8. The highest BCUT2D eigenvalue weighted by molar-refractivity contribution is 6.09. The Morgan fingerprint density at radius 2 is 0.760 bits per heavy atom. The Kier molecular flexibility index (Phi) is 28.6. The van der Waals surface area contributed by atoms with Gasteiger partial charge in [-0.25, -0.2) is 24.9 Å². The van der Waals surface area contributed by atoms with Gasteiger partial charge in [0, 0.05) is 242 Å². The smallest absolute Gasteiger partial charge is 0.292 e. The molecule has 12 aromatic rings. The summed E-state index contributed by atoms with van der Waals surface area (Å²) in [6.45, 7) is 1.33. The number of nitrogens with zero attached hydrogens (tertiary/aromatic N) is 16. The zero-order valence-electron chi connectivity index (χ0n) is 73.5. The van der Waals surface area contributed by atoms with Crippen molar-refractivity contribution >= 4 is 139 Å². The van der Waals surface area contributed by atoms with Crippen molar-refractivity contribution in [1.29, 1.82) is 0 Å². The third-order valence-electron chi connectivity index (χ3n) is 21.1. The standard InChI is InChI=1S/C88H99N25O16/c1-49(114)91-72-45-111(11)80(97-72)86(127)93-55-36-65(107(7)42-55)83(124)90-26-24-76(122)96-73-46-112(12)82(98-73)88(129)102-75-48-113(13)81(100-75)87(128)94-56-37-66(108(8)43-56)84(125)101-74-47-110(10)79(99-74)85(126)89-25-16-18-59(116)29-52-31-64(105(5)40-52)71(121)38-57-44-109(9)78(92-57)68(118)20-14-17-58(115)28-51-30-62(104(4)39-51)70(120)34-53-32-63(106(6)41-53)69(119)33-50-22-23-60-54(27-50)35-61(95-60)67(117)19-15-21-77(123)103(2)3/h22-23,27,30-32,35-37,39-48,95H,14-21,24-26,28-29,33-34,38H2,1-13H3,(H,89,126)(H,90,124)(H,91,114)(H,93,127)(H,94,128)(H,96,122)(H,101,125)(H,102,129). The number of imidazole rings is 5. The molecule has 0 fully saturated rings. The molecule has 41 heteroatoms. The number of nitrogens with one attached hydrogen (secondary N) is 9. The molecule has 0 saturated carbocycles. The summed E-state index contributed by atoms with van der Waals surface area (Å²) in [5.41, 5.74) is 6.09. The normalized spacial score (nSPS) is 11.2. The molecule has 41 nitrogen and oxygen atoms in total. The monoisotopic (exact) mass is 1760 g/mol. The van der Waals surface area contributed by atoms with E-state index >= 15 is 0 Å².